The van der Waals surface area contributed by atoms with Crippen molar-refractivity contribution >= 4 is 5.84 Å². The Hall–Kier alpha value is -1.46. The zero-order valence-corrected chi connectivity index (χ0v) is 12.2. The minimum Gasteiger partial charge on any atom is -0.384 e. The zero-order chi connectivity index (χ0) is 14.7. The fourth-order valence-corrected chi connectivity index (χ4v) is 2.79. The lowest BCUT2D eigenvalue weighted by molar-refractivity contribution is 0.199. The maximum absolute atomic E-state index is 14.1. The van der Waals surface area contributed by atoms with Crippen molar-refractivity contribution in [2.24, 2.45) is 5.73 Å². The Morgan fingerprint density at radius 2 is 2.25 bits per heavy atom. The van der Waals surface area contributed by atoms with Crippen LogP contribution in [0.15, 0.2) is 18.2 Å². The minimum atomic E-state index is -0.270. The van der Waals surface area contributed by atoms with Crippen LogP contribution in [0.3, 0.4) is 0 Å². The summed E-state index contributed by atoms with van der Waals surface area (Å²) >= 11 is 0. The van der Waals surface area contributed by atoms with Crippen LogP contribution in [0.1, 0.15) is 24.0 Å². The van der Waals surface area contributed by atoms with E-state index in [4.69, 9.17) is 11.1 Å². The van der Waals surface area contributed by atoms with Crippen LogP contribution in [0.5, 0.6) is 0 Å². The third-order valence-corrected chi connectivity index (χ3v) is 3.81. The molecule has 20 heavy (non-hydrogen) atoms. The van der Waals surface area contributed by atoms with Crippen LogP contribution in [-0.4, -0.2) is 48.9 Å². The molecule has 5 heteroatoms. The average Bonchev–Trinajstić information content (AvgIpc) is 2.78. The highest BCUT2D eigenvalue weighted by Crippen LogP contribution is 2.22. The number of hydrogen-bond donors (Lipinski definition) is 2. The predicted octanol–water partition coefficient (Wildman–Crippen LogP) is 1.64. The monoisotopic (exact) mass is 278 g/mol. The Balaban J connectivity index is 2.07. The summed E-state index contributed by atoms with van der Waals surface area (Å²) in [6, 6.07) is 5.32. The highest BCUT2D eigenvalue weighted by Gasteiger charge is 2.25. The number of likely N-dealkylation sites (tertiary alicyclic amines) is 1. The summed E-state index contributed by atoms with van der Waals surface area (Å²) in [7, 11) is 4.14. The van der Waals surface area contributed by atoms with Crippen molar-refractivity contribution in [2.75, 3.05) is 27.2 Å². The topological polar surface area (TPSA) is 56.4 Å². The molecule has 1 saturated heterocycles. The molecular weight excluding hydrogens is 255 g/mol. The van der Waals surface area contributed by atoms with Crippen molar-refractivity contribution < 1.29 is 4.39 Å². The second-order valence-corrected chi connectivity index (χ2v) is 5.75. The average molecular weight is 278 g/mol. The fraction of sp³-hybridized carbons (Fsp3) is 0.533. The Morgan fingerprint density at radius 1 is 1.50 bits per heavy atom. The molecule has 0 spiro atoms. The molecule has 0 amide bonds. The quantitative estimate of drug-likeness (QED) is 0.636. The molecule has 4 nitrogen and oxygen atoms in total. The van der Waals surface area contributed by atoms with Gasteiger partial charge in [-0.1, -0.05) is 12.1 Å². The first-order valence-electron chi connectivity index (χ1n) is 6.99. The van der Waals surface area contributed by atoms with E-state index in [-0.39, 0.29) is 11.7 Å². The smallest absolute Gasteiger partial charge is 0.128 e. The van der Waals surface area contributed by atoms with E-state index in [1.165, 1.54) is 18.9 Å². The van der Waals surface area contributed by atoms with Gasteiger partial charge in [-0.3, -0.25) is 10.3 Å². The third kappa shape index (κ3) is 3.55. The predicted molar refractivity (Wildman–Crippen MR) is 79.4 cm³/mol. The molecule has 0 radical (unpaired) electrons. The molecule has 1 aliphatic heterocycles. The van der Waals surface area contributed by atoms with Gasteiger partial charge in [-0.25, -0.2) is 4.39 Å². The normalized spacial score (nSPS) is 19.7. The van der Waals surface area contributed by atoms with E-state index in [1.54, 1.807) is 12.1 Å². The van der Waals surface area contributed by atoms with Crippen LogP contribution in [-0.2, 0) is 6.54 Å². The van der Waals surface area contributed by atoms with Gasteiger partial charge in [0.1, 0.15) is 11.7 Å². The van der Waals surface area contributed by atoms with Crippen molar-refractivity contribution in [2.45, 2.75) is 25.4 Å². The number of benzene rings is 1. The van der Waals surface area contributed by atoms with Gasteiger partial charge >= 0.3 is 0 Å². The number of nitrogen functional groups attached to an aromatic ring is 1. The molecule has 1 heterocycles. The number of nitrogens with one attached hydrogen (secondary N) is 1. The van der Waals surface area contributed by atoms with Gasteiger partial charge in [0.05, 0.1) is 0 Å². The van der Waals surface area contributed by atoms with Crippen molar-refractivity contribution in [3.05, 3.63) is 35.1 Å². The van der Waals surface area contributed by atoms with Crippen LogP contribution in [0.25, 0.3) is 0 Å². The van der Waals surface area contributed by atoms with Gasteiger partial charge in [-0.15, -0.1) is 0 Å². The molecule has 3 N–H and O–H groups in total. The summed E-state index contributed by atoms with van der Waals surface area (Å²) in [6.07, 6.45) is 2.34. The lowest BCUT2D eigenvalue weighted by atomic mass is 10.1. The van der Waals surface area contributed by atoms with Crippen LogP contribution in [0, 0.1) is 11.2 Å². The van der Waals surface area contributed by atoms with Gasteiger partial charge in [0, 0.05) is 30.3 Å². The molecule has 1 atom stereocenters. The van der Waals surface area contributed by atoms with E-state index < -0.39 is 0 Å². The lowest BCUT2D eigenvalue weighted by Crippen LogP contribution is -2.37. The Labute approximate surface area is 119 Å². The maximum atomic E-state index is 14.1. The molecule has 1 aromatic carbocycles. The number of likely N-dealkylation sites (N-methyl/N-ethyl adjacent to an activating group) is 1. The van der Waals surface area contributed by atoms with E-state index in [0.717, 1.165) is 13.1 Å². The SMILES string of the molecule is CN(C)CC1CCCN1Cc1ccc(C(=N)N)cc1F. The van der Waals surface area contributed by atoms with Gasteiger partial charge in [0.25, 0.3) is 0 Å². The minimum absolute atomic E-state index is 0.0953. The molecule has 0 aromatic heterocycles. The Bertz CT molecular complexity index is 487. The Morgan fingerprint density at radius 3 is 2.85 bits per heavy atom. The highest BCUT2D eigenvalue weighted by atomic mass is 19.1. The first-order valence-corrected chi connectivity index (χ1v) is 6.99. The molecule has 1 aliphatic rings. The van der Waals surface area contributed by atoms with Crippen molar-refractivity contribution in [3.63, 3.8) is 0 Å². The van der Waals surface area contributed by atoms with Gasteiger partial charge < -0.3 is 10.6 Å². The molecule has 0 aliphatic carbocycles. The molecule has 0 bridgehead atoms. The lowest BCUT2D eigenvalue weighted by Gasteiger charge is -2.27. The number of nitrogens with two attached hydrogens (primary N) is 1. The molecule has 1 fully saturated rings. The molecule has 110 valence electrons. The van der Waals surface area contributed by atoms with Crippen molar-refractivity contribution in [1.82, 2.24) is 9.80 Å². The molecule has 1 unspecified atom stereocenters. The third-order valence-electron chi connectivity index (χ3n) is 3.81. The summed E-state index contributed by atoms with van der Waals surface area (Å²) in [5.41, 5.74) is 6.50. The van der Waals surface area contributed by atoms with E-state index in [1.807, 2.05) is 0 Å². The molecular formula is C15H23FN4. The molecule has 1 aromatic rings. The zero-order valence-electron chi connectivity index (χ0n) is 12.2. The van der Waals surface area contributed by atoms with Gasteiger partial charge in [-0.05, 0) is 39.5 Å². The van der Waals surface area contributed by atoms with E-state index in [0.29, 0.717) is 23.7 Å². The van der Waals surface area contributed by atoms with Crippen LogP contribution in [0.2, 0.25) is 0 Å². The van der Waals surface area contributed by atoms with E-state index in [9.17, 15) is 4.39 Å². The largest absolute Gasteiger partial charge is 0.384 e. The van der Waals surface area contributed by atoms with Crippen LogP contribution in [0.4, 0.5) is 4.39 Å². The van der Waals surface area contributed by atoms with E-state index >= 15 is 0 Å². The number of rotatable bonds is 5. The summed E-state index contributed by atoms with van der Waals surface area (Å²) < 4.78 is 14.1. The van der Waals surface area contributed by atoms with Crippen molar-refractivity contribution in [3.8, 4) is 0 Å². The molecule has 2 rings (SSSR count). The number of amidine groups is 1. The second kappa shape index (κ2) is 6.33. The summed E-state index contributed by atoms with van der Waals surface area (Å²) in [5.74, 6) is -0.365. The molecule has 0 saturated carbocycles. The van der Waals surface area contributed by atoms with Gasteiger partial charge in [-0.2, -0.15) is 0 Å². The second-order valence-electron chi connectivity index (χ2n) is 5.75. The first kappa shape index (κ1) is 14.9. The standard InChI is InChI=1S/C15H23FN4/c1-19(2)10-13-4-3-7-20(13)9-12-6-5-11(15(17)18)8-14(12)16/h5-6,8,13H,3-4,7,9-10H2,1-2H3,(H3,17,18). The van der Waals surface area contributed by atoms with Gasteiger partial charge in [0.15, 0.2) is 0 Å². The van der Waals surface area contributed by atoms with Crippen molar-refractivity contribution in [1.29, 1.82) is 5.41 Å². The Kier molecular flexibility index (Phi) is 4.73. The number of hydrogen-bond acceptors (Lipinski definition) is 3. The highest BCUT2D eigenvalue weighted by molar-refractivity contribution is 5.94. The summed E-state index contributed by atoms with van der Waals surface area (Å²) in [5, 5.41) is 7.33. The van der Waals surface area contributed by atoms with Crippen LogP contribution >= 0.6 is 0 Å². The number of nitrogens with zero attached hydrogens (tertiary/aromatic N) is 2. The fourth-order valence-electron chi connectivity index (χ4n) is 2.79. The van der Waals surface area contributed by atoms with Crippen LogP contribution < -0.4 is 5.73 Å². The summed E-state index contributed by atoms with van der Waals surface area (Å²) in [6.45, 7) is 2.65. The van der Waals surface area contributed by atoms with Gasteiger partial charge in [0.2, 0.25) is 0 Å². The summed E-state index contributed by atoms with van der Waals surface area (Å²) in [4.78, 5) is 4.52. The first-order chi connectivity index (χ1) is 9.47. The van der Waals surface area contributed by atoms with E-state index in [2.05, 4.69) is 23.9 Å². The maximum Gasteiger partial charge on any atom is 0.128 e. The number of halogens is 1.